The van der Waals surface area contributed by atoms with Crippen LogP contribution in [0, 0.1) is 22.7 Å². The standard InChI is InChI=1S/C17H9N3O4S/c18-9-11-3-1-5-14(13(11)10-19)24-15-6-7-16(25(21,22)23)12-4-2-8-20-17(12)15/h1-8H,(H,21,22,23). The molecule has 7 nitrogen and oxygen atoms in total. The summed E-state index contributed by atoms with van der Waals surface area (Å²) < 4.78 is 38.1. The van der Waals surface area contributed by atoms with Crippen molar-refractivity contribution in [3.05, 3.63) is 59.8 Å². The first-order valence-corrected chi connectivity index (χ1v) is 8.36. The van der Waals surface area contributed by atoms with Crippen LogP contribution in [0.15, 0.2) is 53.6 Å². The van der Waals surface area contributed by atoms with Crippen molar-refractivity contribution in [2.75, 3.05) is 0 Å². The van der Waals surface area contributed by atoms with Crippen LogP contribution in [0.1, 0.15) is 11.1 Å². The minimum Gasteiger partial charge on any atom is -0.454 e. The molecule has 0 radical (unpaired) electrons. The summed E-state index contributed by atoms with van der Waals surface area (Å²) in [6.45, 7) is 0. The van der Waals surface area contributed by atoms with E-state index in [4.69, 9.17) is 10.00 Å². The summed E-state index contributed by atoms with van der Waals surface area (Å²) in [7, 11) is -4.43. The van der Waals surface area contributed by atoms with Gasteiger partial charge in [0.15, 0.2) is 5.75 Å². The van der Waals surface area contributed by atoms with Gasteiger partial charge in [0.25, 0.3) is 10.1 Å². The van der Waals surface area contributed by atoms with E-state index in [1.54, 1.807) is 6.07 Å². The molecule has 1 N–H and O–H groups in total. The van der Waals surface area contributed by atoms with Gasteiger partial charge in [-0.15, -0.1) is 0 Å². The van der Waals surface area contributed by atoms with Gasteiger partial charge >= 0.3 is 0 Å². The number of aromatic nitrogens is 1. The van der Waals surface area contributed by atoms with E-state index in [-0.39, 0.29) is 38.4 Å². The van der Waals surface area contributed by atoms with E-state index in [0.29, 0.717) is 0 Å². The normalized spacial score (nSPS) is 10.8. The van der Waals surface area contributed by atoms with Gasteiger partial charge in [-0.25, -0.2) is 0 Å². The summed E-state index contributed by atoms with van der Waals surface area (Å²) in [6, 6.07) is 13.9. The SMILES string of the molecule is N#Cc1cccc(Oc2ccc(S(=O)(=O)O)c3cccnc23)c1C#N. The topological polar surface area (TPSA) is 124 Å². The molecule has 0 atom stereocenters. The monoisotopic (exact) mass is 351 g/mol. The van der Waals surface area contributed by atoms with E-state index in [2.05, 4.69) is 4.98 Å². The van der Waals surface area contributed by atoms with E-state index >= 15 is 0 Å². The van der Waals surface area contributed by atoms with Crippen LogP contribution in [0.3, 0.4) is 0 Å². The maximum absolute atomic E-state index is 11.5. The lowest BCUT2D eigenvalue weighted by molar-refractivity contribution is 0.481. The Labute approximate surface area is 143 Å². The minimum absolute atomic E-state index is 0.0629. The lowest BCUT2D eigenvalue weighted by Crippen LogP contribution is -2.01. The van der Waals surface area contributed by atoms with Crippen LogP contribution >= 0.6 is 0 Å². The maximum Gasteiger partial charge on any atom is 0.295 e. The fraction of sp³-hybridized carbons (Fsp3) is 0. The number of fused-ring (bicyclic) bond motifs is 1. The fourth-order valence-corrected chi connectivity index (χ4v) is 3.05. The van der Waals surface area contributed by atoms with Crippen molar-refractivity contribution in [1.29, 1.82) is 10.5 Å². The van der Waals surface area contributed by atoms with Gasteiger partial charge in [0, 0.05) is 11.6 Å². The molecule has 2 aromatic carbocycles. The molecular weight excluding hydrogens is 342 g/mol. The Morgan fingerprint density at radius 2 is 1.80 bits per heavy atom. The zero-order valence-corrected chi connectivity index (χ0v) is 13.4. The van der Waals surface area contributed by atoms with Crippen LogP contribution < -0.4 is 4.74 Å². The van der Waals surface area contributed by atoms with Crippen LogP contribution in [0.2, 0.25) is 0 Å². The van der Waals surface area contributed by atoms with Gasteiger partial charge in [0.1, 0.15) is 33.9 Å². The van der Waals surface area contributed by atoms with Gasteiger partial charge in [-0.1, -0.05) is 6.07 Å². The third kappa shape index (κ3) is 3.00. The average molecular weight is 351 g/mol. The zero-order chi connectivity index (χ0) is 18.0. The molecule has 0 saturated carbocycles. The molecule has 25 heavy (non-hydrogen) atoms. The molecule has 1 heterocycles. The van der Waals surface area contributed by atoms with E-state index in [0.717, 1.165) is 0 Å². The highest BCUT2D eigenvalue weighted by Crippen LogP contribution is 2.34. The van der Waals surface area contributed by atoms with Crippen molar-refractivity contribution in [2.24, 2.45) is 0 Å². The lowest BCUT2D eigenvalue weighted by Gasteiger charge is -2.11. The summed E-state index contributed by atoms with van der Waals surface area (Å²) in [6.07, 6.45) is 1.44. The van der Waals surface area contributed by atoms with Crippen molar-refractivity contribution in [1.82, 2.24) is 4.98 Å². The first-order chi connectivity index (χ1) is 12.0. The average Bonchev–Trinajstić information content (AvgIpc) is 2.60. The predicted molar refractivity (Wildman–Crippen MR) is 87.5 cm³/mol. The number of nitriles is 2. The molecule has 0 fully saturated rings. The van der Waals surface area contributed by atoms with Gasteiger partial charge in [-0.05, 0) is 36.4 Å². The number of pyridine rings is 1. The van der Waals surface area contributed by atoms with Crippen molar-refractivity contribution >= 4 is 21.0 Å². The number of benzene rings is 2. The molecule has 0 spiro atoms. The molecule has 0 unspecified atom stereocenters. The smallest absolute Gasteiger partial charge is 0.295 e. The van der Waals surface area contributed by atoms with E-state index < -0.39 is 10.1 Å². The highest BCUT2D eigenvalue weighted by atomic mass is 32.2. The van der Waals surface area contributed by atoms with Crippen LogP contribution in [-0.2, 0) is 10.1 Å². The van der Waals surface area contributed by atoms with E-state index in [1.807, 2.05) is 12.1 Å². The van der Waals surface area contributed by atoms with Gasteiger partial charge in [-0.2, -0.15) is 18.9 Å². The summed E-state index contributed by atoms with van der Waals surface area (Å²) in [4.78, 5) is 3.80. The van der Waals surface area contributed by atoms with Crippen molar-refractivity contribution < 1.29 is 17.7 Å². The van der Waals surface area contributed by atoms with Gasteiger partial charge in [0.05, 0.1) is 5.56 Å². The molecule has 0 saturated heterocycles. The number of nitrogens with zero attached hydrogens (tertiary/aromatic N) is 3. The molecular formula is C17H9N3O4S. The summed E-state index contributed by atoms with van der Waals surface area (Å²) in [5.74, 6) is 0.336. The molecule has 0 aliphatic heterocycles. The second-order valence-corrected chi connectivity index (χ2v) is 6.33. The molecule has 8 heteroatoms. The Kier molecular flexibility index (Phi) is 4.07. The summed E-state index contributed by atoms with van der Waals surface area (Å²) in [5.41, 5.74) is 0.420. The van der Waals surface area contributed by atoms with Crippen LogP contribution in [-0.4, -0.2) is 18.0 Å². The Hall–Kier alpha value is -3.46. The lowest BCUT2D eigenvalue weighted by atomic mass is 10.1. The third-order valence-electron chi connectivity index (χ3n) is 3.45. The highest BCUT2D eigenvalue weighted by Gasteiger charge is 2.18. The zero-order valence-electron chi connectivity index (χ0n) is 12.5. The number of ether oxygens (including phenoxy) is 1. The van der Waals surface area contributed by atoms with E-state index in [1.165, 1.54) is 42.6 Å². The van der Waals surface area contributed by atoms with Gasteiger partial charge in [0.2, 0.25) is 0 Å². The summed E-state index contributed by atoms with van der Waals surface area (Å²) >= 11 is 0. The summed E-state index contributed by atoms with van der Waals surface area (Å²) in [5, 5.41) is 18.5. The van der Waals surface area contributed by atoms with Crippen molar-refractivity contribution in [2.45, 2.75) is 4.90 Å². The molecule has 1 aromatic heterocycles. The molecule has 0 aliphatic rings. The second kappa shape index (κ2) is 6.21. The minimum atomic E-state index is -4.43. The maximum atomic E-state index is 11.5. The Bertz CT molecular complexity index is 1170. The highest BCUT2D eigenvalue weighted by molar-refractivity contribution is 7.86. The predicted octanol–water partition coefficient (Wildman–Crippen LogP) is 3.02. The van der Waals surface area contributed by atoms with Crippen molar-refractivity contribution in [3.63, 3.8) is 0 Å². The first-order valence-electron chi connectivity index (χ1n) is 6.92. The molecule has 3 aromatic rings. The molecule has 0 bridgehead atoms. The quantitative estimate of drug-likeness (QED) is 0.719. The van der Waals surface area contributed by atoms with Crippen LogP contribution in [0.4, 0.5) is 0 Å². The number of rotatable bonds is 3. The second-order valence-electron chi connectivity index (χ2n) is 4.94. The largest absolute Gasteiger partial charge is 0.454 e. The molecule has 3 rings (SSSR count). The third-order valence-corrected chi connectivity index (χ3v) is 4.36. The number of hydrogen-bond acceptors (Lipinski definition) is 6. The van der Waals surface area contributed by atoms with E-state index in [9.17, 15) is 18.2 Å². The van der Waals surface area contributed by atoms with Crippen LogP contribution in [0.5, 0.6) is 11.5 Å². The fourth-order valence-electron chi connectivity index (χ4n) is 2.37. The van der Waals surface area contributed by atoms with Gasteiger partial charge in [-0.3, -0.25) is 9.54 Å². The van der Waals surface area contributed by atoms with Gasteiger partial charge < -0.3 is 4.74 Å². The number of hydrogen-bond donors (Lipinski definition) is 1. The Morgan fingerprint density at radius 1 is 1.00 bits per heavy atom. The molecule has 0 aliphatic carbocycles. The first kappa shape index (κ1) is 16.4. The molecule has 122 valence electrons. The molecule has 0 amide bonds. The van der Waals surface area contributed by atoms with Crippen LogP contribution in [0.25, 0.3) is 10.9 Å². The Balaban J connectivity index is 2.21. The van der Waals surface area contributed by atoms with Crippen molar-refractivity contribution in [3.8, 4) is 23.6 Å². The Morgan fingerprint density at radius 3 is 2.48 bits per heavy atom.